The molecule has 0 N–H and O–H groups in total. The number of ether oxygens (including phenoxy) is 3. The van der Waals surface area contributed by atoms with Crippen LogP contribution >= 0.6 is 0 Å². The van der Waals surface area contributed by atoms with E-state index in [1.165, 1.54) is 13.2 Å². The maximum Gasteiger partial charge on any atom is 0.308 e. The number of aryl methyl sites for hydroxylation is 1. The van der Waals surface area contributed by atoms with Gasteiger partial charge in [-0.2, -0.15) is 0 Å². The summed E-state index contributed by atoms with van der Waals surface area (Å²) in [6.45, 7) is 5.51. The Balaban J connectivity index is 1.94. The summed E-state index contributed by atoms with van der Waals surface area (Å²) in [6, 6.07) is 10.1. The van der Waals surface area contributed by atoms with Crippen molar-refractivity contribution < 1.29 is 23.4 Å². The van der Waals surface area contributed by atoms with Crippen molar-refractivity contribution in [1.29, 1.82) is 0 Å². The molecule has 0 saturated carbocycles. The van der Waals surface area contributed by atoms with Gasteiger partial charge in [0, 0.05) is 12.5 Å². The first kappa shape index (κ1) is 17.5. The van der Waals surface area contributed by atoms with Crippen molar-refractivity contribution in [3.63, 3.8) is 0 Å². The second-order valence-corrected chi connectivity index (χ2v) is 5.59. The number of benzene rings is 2. The molecule has 0 atom stereocenters. The molecule has 0 radical (unpaired) electrons. The molecule has 0 aliphatic rings. The van der Waals surface area contributed by atoms with E-state index in [-0.39, 0.29) is 11.2 Å². The highest BCUT2D eigenvalue weighted by atomic mass is 16.5. The minimum Gasteiger partial charge on any atom is -0.494 e. The Morgan fingerprint density at radius 2 is 1.73 bits per heavy atom. The number of rotatable bonds is 5. The van der Waals surface area contributed by atoms with E-state index in [1.54, 1.807) is 43.3 Å². The Labute approximate surface area is 149 Å². The largest absolute Gasteiger partial charge is 0.494 e. The molecule has 0 spiro atoms. The fraction of sp³-hybridized carbons (Fsp3) is 0.200. The zero-order chi connectivity index (χ0) is 18.7. The van der Waals surface area contributed by atoms with E-state index in [1.807, 2.05) is 6.92 Å². The molecule has 0 bridgehead atoms. The summed E-state index contributed by atoms with van der Waals surface area (Å²) in [5.41, 5.74) is 0.618. The Kier molecular flexibility index (Phi) is 4.93. The molecule has 0 aliphatic heterocycles. The first-order valence-corrected chi connectivity index (χ1v) is 8.14. The van der Waals surface area contributed by atoms with E-state index in [0.29, 0.717) is 34.6 Å². The molecule has 6 heteroatoms. The van der Waals surface area contributed by atoms with E-state index in [9.17, 15) is 9.59 Å². The van der Waals surface area contributed by atoms with Gasteiger partial charge in [-0.3, -0.25) is 9.59 Å². The maximum absolute atomic E-state index is 12.7. The molecule has 6 nitrogen and oxygen atoms in total. The van der Waals surface area contributed by atoms with Crippen LogP contribution in [-0.2, 0) is 4.79 Å². The first-order chi connectivity index (χ1) is 12.5. The van der Waals surface area contributed by atoms with Gasteiger partial charge in [0.15, 0.2) is 0 Å². The van der Waals surface area contributed by atoms with E-state index in [0.717, 1.165) is 5.75 Å². The third-order valence-corrected chi connectivity index (χ3v) is 3.72. The summed E-state index contributed by atoms with van der Waals surface area (Å²) in [6.07, 6.45) is 1.26. The van der Waals surface area contributed by atoms with E-state index < -0.39 is 5.97 Å². The van der Waals surface area contributed by atoms with Crippen LogP contribution in [0.4, 0.5) is 0 Å². The predicted molar refractivity (Wildman–Crippen MR) is 96.2 cm³/mol. The number of carbonyl (C=O) groups is 1. The fourth-order valence-corrected chi connectivity index (χ4v) is 2.54. The van der Waals surface area contributed by atoms with Gasteiger partial charge >= 0.3 is 5.97 Å². The maximum atomic E-state index is 12.7. The third-order valence-electron chi connectivity index (χ3n) is 3.72. The molecule has 26 heavy (non-hydrogen) atoms. The van der Waals surface area contributed by atoms with Crippen LogP contribution in [-0.4, -0.2) is 12.6 Å². The average molecular weight is 354 g/mol. The standard InChI is InChI=1S/C20H18O6/c1-4-23-14-5-7-15(8-6-14)26-18-11-24-20-12(2)17(25-13(3)21)10-9-16(20)19(18)22/h5-11H,4H2,1-3H3. The van der Waals surface area contributed by atoms with Crippen LogP contribution in [0.15, 0.2) is 51.9 Å². The van der Waals surface area contributed by atoms with Crippen molar-refractivity contribution in [2.24, 2.45) is 0 Å². The molecular weight excluding hydrogens is 336 g/mol. The predicted octanol–water partition coefficient (Wildman–Crippen LogP) is 4.22. The molecule has 0 saturated heterocycles. The highest BCUT2D eigenvalue weighted by molar-refractivity contribution is 5.84. The molecule has 0 amide bonds. The van der Waals surface area contributed by atoms with Crippen LogP contribution in [0.3, 0.4) is 0 Å². The van der Waals surface area contributed by atoms with Gasteiger partial charge in [0.25, 0.3) is 0 Å². The number of hydrogen-bond acceptors (Lipinski definition) is 6. The van der Waals surface area contributed by atoms with E-state index >= 15 is 0 Å². The molecule has 2 aromatic carbocycles. The van der Waals surface area contributed by atoms with Crippen molar-refractivity contribution >= 4 is 16.9 Å². The Morgan fingerprint density at radius 1 is 1.04 bits per heavy atom. The SMILES string of the molecule is CCOc1ccc(Oc2coc3c(C)c(OC(C)=O)ccc3c2=O)cc1. The highest BCUT2D eigenvalue weighted by Crippen LogP contribution is 2.29. The highest BCUT2D eigenvalue weighted by Gasteiger charge is 2.14. The zero-order valence-corrected chi connectivity index (χ0v) is 14.7. The number of fused-ring (bicyclic) bond motifs is 1. The van der Waals surface area contributed by atoms with E-state index in [2.05, 4.69) is 0 Å². The fourth-order valence-electron chi connectivity index (χ4n) is 2.54. The van der Waals surface area contributed by atoms with Crippen LogP contribution in [0.25, 0.3) is 11.0 Å². The van der Waals surface area contributed by atoms with Crippen molar-refractivity contribution in [3.8, 4) is 23.0 Å². The van der Waals surface area contributed by atoms with Crippen LogP contribution in [0.5, 0.6) is 23.0 Å². The second-order valence-electron chi connectivity index (χ2n) is 5.59. The average Bonchev–Trinajstić information content (AvgIpc) is 2.61. The van der Waals surface area contributed by atoms with Crippen molar-refractivity contribution in [1.82, 2.24) is 0 Å². The molecule has 134 valence electrons. The Bertz CT molecular complexity index is 1000. The van der Waals surface area contributed by atoms with Crippen LogP contribution in [0.2, 0.25) is 0 Å². The van der Waals surface area contributed by atoms with Gasteiger partial charge in [-0.05, 0) is 50.2 Å². The molecule has 3 aromatic rings. The van der Waals surface area contributed by atoms with Gasteiger partial charge in [0.1, 0.15) is 29.1 Å². The zero-order valence-electron chi connectivity index (χ0n) is 14.7. The minimum atomic E-state index is -0.440. The van der Waals surface area contributed by atoms with Crippen molar-refractivity contribution in [3.05, 3.63) is 58.4 Å². The Morgan fingerprint density at radius 3 is 2.38 bits per heavy atom. The molecule has 1 heterocycles. The van der Waals surface area contributed by atoms with Gasteiger partial charge in [-0.15, -0.1) is 0 Å². The lowest BCUT2D eigenvalue weighted by atomic mass is 10.1. The normalized spacial score (nSPS) is 10.6. The molecule has 0 fully saturated rings. The summed E-state index contributed by atoms with van der Waals surface area (Å²) in [7, 11) is 0. The van der Waals surface area contributed by atoms with Crippen molar-refractivity contribution in [2.45, 2.75) is 20.8 Å². The monoisotopic (exact) mass is 354 g/mol. The quantitative estimate of drug-likeness (QED) is 0.504. The van der Waals surface area contributed by atoms with Gasteiger partial charge < -0.3 is 18.6 Å². The van der Waals surface area contributed by atoms with Crippen LogP contribution < -0.4 is 19.6 Å². The first-order valence-electron chi connectivity index (χ1n) is 8.14. The van der Waals surface area contributed by atoms with Gasteiger partial charge in [-0.25, -0.2) is 0 Å². The summed E-state index contributed by atoms with van der Waals surface area (Å²) in [4.78, 5) is 23.8. The lowest BCUT2D eigenvalue weighted by Crippen LogP contribution is -2.07. The summed E-state index contributed by atoms with van der Waals surface area (Å²) in [5.74, 6) is 1.20. The van der Waals surface area contributed by atoms with E-state index in [4.69, 9.17) is 18.6 Å². The Hall–Kier alpha value is -3.28. The van der Waals surface area contributed by atoms with Crippen molar-refractivity contribution in [2.75, 3.05) is 6.61 Å². The third kappa shape index (κ3) is 3.54. The van der Waals surface area contributed by atoms with Crippen LogP contribution in [0.1, 0.15) is 19.4 Å². The smallest absolute Gasteiger partial charge is 0.308 e. The molecule has 1 aromatic heterocycles. The topological polar surface area (TPSA) is 75.0 Å². The molecule has 0 unspecified atom stereocenters. The number of carbonyl (C=O) groups excluding carboxylic acids is 1. The summed E-state index contributed by atoms with van der Waals surface area (Å²) < 4.78 is 21.7. The van der Waals surface area contributed by atoms with Gasteiger partial charge in [0.2, 0.25) is 11.2 Å². The lowest BCUT2D eigenvalue weighted by molar-refractivity contribution is -0.131. The molecule has 3 rings (SSSR count). The number of esters is 1. The minimum absolute atomic E-state index is 0.0706. The number of hydrogen-bond donors (Lipinski definition) is 0. The van der Waals surface area contributed by atoms with Gasteiger partial charge in [-0.1, -0.05) is 0 Å². The van der Waals surface area contributed by atoms with Gasteiger partial charge in [0.05, 0.1) is 12.0 Å². The molecular formula is C20H18O6. The lowest BCUT2D eigenvalue weighted by Gasteiger charge is -2.10. The second kappa shape index (κ2) is 7.31. The molecule has 0 aliphatic carbocycles. The van der Waals surface area contributed by atoms with Crippen LogP contribution in [0, 0.1) is 6.92 Å². The summed E-state index contributed by atoms with van der Waals surface area (Å²) in [5, 5.41) is 0.349. The summed E-state index contributed by atoms with van der Waals surface area (Å²) >= 11 is 0.